The predicted octanol–water partition coefficient (Wildman–Crippen LogP) is 1.45. The van der Waals surface area contributed by atoms with Crippen molar-refractivity contribution < 1.29 is 4.79 Å². The van der Waals surface area contributed by atoms with Crippen LogP contribution in [0.2, 0.25) is 0 Å². The van der Waals surface area contributed by atoms with Gasteiger partial charge >= 0.3 is 0 Å². The van der Waals surface area contributed by atoms with Crippen molar-refractivity contribution in [2.75, 3.05) is 11.4 Å². The Morgan fingerprint density at radius 3 is 3.00 bits per heavy atom. The van der Waals surface area contributed by atoms with E-state index in [1.54, 1.807) is 0 Å². The predicted molar refractivity (Wildman–Crippen MR) is 60.7 cm³/mol. The molecule has 0 radical (unpaired) electrons. The van der Waals surface area contributed by atoms with Crippen LogP contribution in [0.4, 0.5) is 5.69 Å². The molecule has 0 spiro atoms. The molecule has 15 heavy (non-hydrogen) atoms. The summed E-state index contributed by atoms with van der Waals surface area (Å²) < 4.78 is 0. The third-order valence-electron chi connectivity index (χ3n) is 2.91. The van der Waals surface area contributed by atoms with Gasteiger partial charge < -0.3 is 10.6 Å². The summed E-state index contributed by atoms with van der Waals surface area (Å²) in [4.78, 5) is 13.4. The minimum atomic E-state index is -0.214. The quantitative estimate of drug-likeness (QED) is 0.792. The highest BCUT2D eigenvalue weighted by atomic mass is 16.1. The fourth-order valence-corrected chi connectivity index (χ4v) is 2.18. The third kappa shape index (κ3) is 1.96. The molecule has 0 aromatic heterocycles. The zero-order valence-electron chi connectivity index (χ0n) is 8.94. The molecular formula is C12H16N2O. The van der Waals surface area contributed by atoms with Crippen LogP contribution >= 0.6 is 0 Å². The molecule has 0 saturated carbocycles. The van der Waals surface area contributed by atoms with E-state index in [1.807, 2.05) is 12.1 Å². The van der Waals surface area contributed by atoms with Crippen molar-refractivity contribution >= 4 is 11.6 Å². The van der Waals surface area contributed by atoms with Crippen LogP contribution < -0.4 is 10.6 Å². The van der Waals surface area contributed by atoms with E-state index in [0.29, 0.717) is 0 Å². The van der Waals surface area contributed by atoms with Gasteiger partial charge in [0.15, 0.2) is 0 Å². The highest BCUT2D eigenvalue weighted by Gasteiger charge is 2.28. The molecule has 80 valence electrons. The summed E-state index contributed by atoms with van der Waals surface area (Å²) >= 11 is 0. The standard InChI is InChI=1S/C12H16N2O/c1-9-4-2-5-10(8-9)14-7-3-6-11(14)12(13)15/h2,4-5,8,11H,3,6-7H2,1H3,(H2,13,15). The maximum atomic E-state index is 11.3. The van der Waals surface area contributed by atoms with Crippen molar-refractivity contribution in [2.24, 2.45) is 5.73 Å². The zero-order chi connectivity index (χ0) is 10.8. The van der Waals surface area contributed by atoms with Crippen molar-refractivity contribution in [1.29, 1.82) is 0 Å². The van der Waals surface area contributed by atoms with Crippen LogP contribution in [-0.4, -0.2) is 18.5 Å². The first-order valence-corrected chi connectivity index (χ1v) is 5.31. The number of hydrogen-bond acceptors (Lipinski definition) is 2. The lowest BCUT2D eigenvalue weighted by Gasteiger charge is -2.24. The van der Waals surface area contributed by atoms with Crippen molar-refractivity contribution in [2.45, 2.75) is 25.8 Å². The lowest BCUT2D eigenvalue weighted by molar-refractivity contribution is -0.119. The van der Waals surface area contributed by atoms with Crippen molar-refractivity contribution in [3.63, 3.8) is 0 Å². The lowest BCUT2D eigenvalue weighted by Crippen LogP contribution is -2.40. The zero-order valence-corrected chi connectivity index (χ0v) is 8.94. The van der Waals surface area contributed by atoms with E-state index < -0.39 is 0 Å². The van der Waals surface area contributed by atoms with E-state index in [1.165, 1.54) is 5.56 Å². The Hall–Kier alpha value is -1.51. The minimum Gasteiger partial charge on any atom is -0.368 e. The molecule has 0 aliphatic carbocycles. The highest BCUT2D eigenvalue weighted by molar-refractivity contribution is 5.84. The molecule has 1 amide bonds. The summed E-state index contributed by atoms with van der Waals surface area (Å²) in [5.74, 6) is -0.214. The molecule has 3 heteroatoms. The molecular weight excluding hydrogens is 188 g/mol. The molecule has 1 aliphatic heterocycles. The Labute approximate surface area is 89.9 Å². The number of carbonyl (C=O) groups is 1. The fourth-order valence-electron chi connectivity index (χ4n) is 2.18. The second kappa shape index (κ2) is 3.93. The summed E-state index contributed by atoms with van der Waals surface area (Å²) in [7, 11) is 0. The maximum Gasteiger partial charge on any atom is 0.240 e. The number of primary amides is 1. The molecule has 1 heterocycles. The fraction of sp³-hybridized carbons (Fsp3) is 0.417. The Balaban J connectivity index is 2.26. The Bertz CT molecular complexity index is 376. The van der Waals surface area contributed by atoms with E-state index in [0.717, 1.165) is 25.1 Å². The van der Waals surface area contributed by atoms with Crippen LogP contribution in [-0.2, 0) is 4.79 Å². The molecule has 2 rings (SSSR count). The number of amides is 1. The number of hydrogen-bond donors (Lipinski definition) is 1. The molecule has 1 aliphatic rings. The molecule has 2 N–H and O–H groups in total. The number of aryl methyl sites for hydroxylation is 1. The third-order valence-corrected chi connectivity index (χ3v) is 2.91. The minimum absolute atomic E-state index is 0.119. The molecule has 3 nitrogen and oxygen atoms in total. The van der Waals surface area contributed by atoms with E-state index in [9.17, 15) is 4.79 Å². The van der Waals surface area contributed by atoms with Gasteiger partial charge in [-0.2, -0.15) is 0 Å². The van der Waals surface area contributed by atoms with Gasteiger partial charge in [-0.15, -0.1) is 0 Å². The molecule has 0 bridgehead atoms. The number of rotatable bonds is 2. The van der Waals surface area contributed by atoms with Crippen LogP contribution in [0.5, 0.6) is 0 Å². The lowest BCUT2D eigenvalue weighted by atomic mass is 10.1. The van der Waals surface area contributed by atoms with Gasteiger partial charge in [-0.1, -0.05) is 12.1 Å². The Kier molecular flexibility index (Phi) is 2.62. The van der Waals surface area contributed by atoms with Crippen molar-refractivity contribution in [1.82, 2.24) is 0 Å². The van der Waals surface area contributed by atoms with Gasteiger partial charge in [0.1, 0.15) is 6.04 Å². The first-order chi connectivity index (χ1) is 7.18. The smallest absolute Gasteiger partial charge is 0.240 e. The van der Waals surface area contributed by atoms with Gasteiger partial charge in [0.05, 0.1) is 0 Å². The Morgan fingerprint density at radius 1 is 1.53 bits per heavy atom. The van der Waals surface area contributed by atoms with Gasteiger partial charge in [0, 0.05) is 12.2 Å². The second-order valence-electron chi connectivity index (χ2n) is 4.09. The van der Waals surface area contributed by atoms with Gasteiger partial charge in [0.2, 0.25) is 5.91 Å². The second-order valence-corrected chi connectivity index (χ2v) is 4.09. The van der Waals surface area contributed by atoms with Crippen molar-refractivity contribution in [3.8, 4) is 0 Å². The summed E-state index contributed by atoms with van der Waals surface area (Å²) in [6.07, 6.45) is 1.92. The van der Waals surface area contributed by atoms with Gasteiger partial charge in [-0.3, -0.25) is 4.79 Å². The maximum absolute atomic E-state index is 11.3. The van der Waals surface area contributed by atoms with Gasteiger partial charge in [-0.25, -0.2) is 0 Å². The van der Waals surface area contributed by atoms with E-state index in [2.05, 4.69) is 24.0 Å². The summed E-state index contributed by atoms with van der Waals surface area (Å²) in [5.41, 5.74) is 7.70. The van der Waals surface area contributed by atoms with Gasteiger partial charge in [0.25, 0.3) is 0 Å². The number of anilines is 1. The van der Waals surface area contributed by atoms with Crippen LogP contribution in [0.25, 0.3) is 0 Å². The molecule has 1 unspecified atom stereocenters. The SMILES string of the molecule is Cc1cccc(N2CCCC2C(N)=O)c1. The number of nitrogens with two attached hydrogens (primary N) is 1. The summed E-state index contributed by atoms with van der Waals surface area (Å²) in [5, 5.41) is 0. The average molecular weight is 204 g/mol. The molecule has 1 fully saturated rings. The summed E-state index contributed by atoms with van der Waals surface area (Å²) in [6.45, 7) is 2.98. The number of carbonyl (C=O) groups excluding carboxylic acids is 1. The summed E-state index contributed by atoms with van der Waals surface area (Å²) in [6, 6.07) is 8.09. The Morgan fingerprint density at radius 2 is 2.33 bits per heavy atom. The topological polar surface area (TPSA) is 46.3 Å². The molecule has 1 saturated heterocycles. The van der Waals surface area contributed by atoms with Crippen LogP contribution in [0.15, 0.2) is 24.3 Å². The molecule has 1 aromatic rings. The van der Waals surface area contributed by atoms with Gasteiger partial charge in [-0.05, 0) is 37.5 Å². The van der Waals surface area contributed by atoms with Crippen LogP contribution in [0.3, 0.4) is 0 Å². The largest absolute Gasteiger partial charge is 0.368 e. The average Bonchev–Trinajstić information content (AvgIpc) is 2.65. The van der Waals surface area contributed by atoms with E-state index >= 15 is 0 Å². The monoisotopic (exact) mass is 204 g/mol. The van der Waals surface area contributed by atoms with Crippen LogP contribution in [0.1, 0.15) is 18.4 Å². The van der Waals surface area contributed by atoms with Crippen LogP contribution in [0, 0.1) is 6.92 Å². The number of benzene rings is 1. The van der Waals surface area contributed by atoms with E-state index in [4.69, 9.17) is 5.73 Å². The van der Waals surface area contributed by atoms with Crippen molar-refractivity contribution in [3.05, 3.63) is 29.8 Å². The van der Waals surface area contributed by atoms with E-state index in [-0.39, 0.29) is 11.9 Å². The first kappa shape index (κ1) is 10.0. The normalized spacial score (nSPS) is 20.6. The number of nitrogens with zero attached hydrogens (tertiary/aromatic N) is 1. The molecule has 1 aromatic carbocycles. The highest BCUT2D eigenvalue weighted by Crippen LogP contribution is 2.25. The first-order valence-electron chi connectivity index (χ1n) is 5.31. The molecule has 1 atom stereocenters.